The minimum Gasteiger partial charge on any atom is -0.497 e. The first-order valence-corrected chi connectivity index (χ1v) is 9.15. The summed E-state index contributed by atoms with van der Waals surface area (Å²) >= 11 is 0. The number of nitrogens with one attached hydrogen (secondary N) is 1. The molecule has 1 aromatic carbocycles. The van der Waals surface area contributed by atoms with Crippen LogP contribution in [0.1, 0.15) is 44.4 Å². The first-order valence-electron chi connectivity index (χ1n) is 7.54. The molecule has 1 aliphatic carbocycles. The van der Waals surface area contributed by atoms with E-state index in [1.54, 1.807) is 21.0 Å². The molecule has 1 N–H and O–H groups in total. The number of ether oxygens (including phenoxy) is 1. The first kappa shape index (κ1) is 16.3. The smallest absolute Gasteiger partial charge is 0.157 e. The molecule has 1 aliphatic rings. The summed E-state index contributed by atoms with van der Waals surface area (Å²) in [5.74, 6) is 0.777. The molecule has 0 saturated heterocycles. The summed E-state index contributed by atoms with van der Waals surface area (Å²) in [7, 11) is -1.50. The fourth-order valence-corrected chi connectivity index (χ4v) is 4.81. The summed E-state index contributed by atoms with van der Waals surface area (Å²) in [6.45, 7) is 6.28. The standard InChI is InChI=1S/C16H25NO3S/c1-5-17-16-14-10-13(20-4)8-6-12(14)7-9-15(16)21(18,19)11(2)3/h6,8,10-11,15-17H,5,7,9H2,1-4H3. The summed E-state index contributed by atoms with van der Waals surface area (Å²) in [6.07, 6.45) is 1.48. The van der Waals surface area contributed by atoms with E-state index in [0.29, 0.717) is 6.42 Å². The Kier molecular flexibility index (Phi) is 4.94. The molecule has 2 rings (SSSR count). The minimum atomic E-state index is -3.14. The highest BCUT2D eigenvalue weighted by atomic mass is 32.2. The van der Waals surface area contributed by atoms with Gasteiger partial charge in [0.05, 0.1) is 17.6 Å². The molecule has 0 amide bonds. The van der Waals surface area contributed by atoms with Crippen molar-refractivity contribution in [1.29, 1.82) is 0 Å². The van der Waals surface area contributed by atoms with E-state index in [1.165, 1.54) is 5.56 Å². The van der Waals surface area contributed by atoms with Crippen LogP contribution in [0.15, 0.2) is 18.2 Å². The quantitative estimate of drug-likeness (QED) is 0.907. The summed E-state index contributed by atoms with van der Waals surface area (Å²) in [6, 6.07) is 5.82. The van der Waals surface area contributed by atoms with E-state index in [9.17, 15) is 8.42 Å². The van der Waals surface area contributed by atoms with Crippen molar-refractivity contribution in [2.75, 3.05) is 13.7 Å². The zero-order chi connectivity index (χ0) is 15.6. The van der Waals surface area contributed by atoms with Crippen LogP contribution in [-0.2, 0) is 16.3 Å². The molecule has 0 bridgehead atoms. The van der Waals surface area contributed by atoms with Crippen molar-refractivity contribution in [2.24, 2.45) is 0 Å². The van der Waals surface area contributed by atoms with Gasteiger partial charge in [-0.2, -0.15) is 0 Å². The average molecular weight is 311 g/mol. The highest BCUT2D eigenvalue weighted by molar-refractivity contribution is 7.92. The molecule has 118 valence electrons. The van der Waals surface area contributed by atoms with Crippen molar-refractivity contribution in [2.45, 2.75) is 50.2 Å². The Morgan fingerprint density at radius 3 is 2.67 bits per heavy atom. The predicted octanol–water partition coefficient (Wildman–Crippen LogP) is 2.48. The lowest BCUT2D eigenvalue weighted by Crippen LogP contribution is -2.43. The van der Waals surface area contributed by atoms with Crippen molar-refractivity contribution < 1.29 is 13.2 Å². The van der Waals surface area contributed by atoms with E-state index >= 15 is 0 Å². The van der Waals surface area contributed by atoms with E-state index in [4.69, 9.17) is 4.74 Å². The van der Waals surface area contributed by atoms with Crippen LogP contribution in [0.2, 0.25) is 0 Å². The molecule has 0 heterocycles. The van der Waals surface area contributed by atoms with Gasteiger partial charge < -0.3 is 10.1 Å². The maximum atomic E-state index is 12.7. The second-order valence-corrected chi connectivity index (χ2v) is 8.54. The van der Waals surface area contributed by atoms with Gasteiger partial charge in [-0.1, -0.05) is 13.0 Å². The van der Waals surface area contributed by atoms with Crippen LogP contribution < -0.4 is 10.1 Å². The van der Waals surface area contributed by atoms with Crippen molar-refractivity contribution in [1.82, 2.24) is 5.32 Å². The molecule has 5 heteroatoms. The van der Waals surface area contributed by atoms with Gasteiger partial charge in [0.25, 0.3) is 0 Å². The van der Waals surface area contributed by atoms with Gasteiger partial charge in [0, 0.05) is 6.04 Å². The van der Waals surface area contributed by atoms with Crippen molar-refractivity contribution in [3.63, 3.8) is 0 Å². The molecule has 2 atom stereocenters. The van der Waals surface area contributed by atoms with Crippen LogP contribution >= 0.6 is 0 Å². The van der Waals surface area contributed by atoms with Gasteiger partial charge in [-0.3, -0.25) is 0 Å². The third-order valence-electron chi connectivity index (χ3n) is 4.26. The average Bonchev–Trinajstić information content (AvgIpc) is 2.46. The molecule has 4 nitrogen and oxygen atoms in total. The Labute approximate surface area is 127 Å². The number of sulfone groups is 1. The monoisotopic (exact) mass is 311 g/mol. The van der Waals surface area contributed by atoms with Crippen molar-refractivity contribution in [3.8, 4) is 5.75 Å². The number of fused-ring (bicyclic) bond motifs is 1. The molecular weight excluding hydrogens is 286 g/mol. The Hall–Kier alpha value is -1.07. The zero-order valence-corrected chi connectivity index (χ0v) is 14.0. The maximum Gasteiger partial charge on any atom is 0.157 e. The molecule has 0 radical (unpaired) electrons. The molecular formula is C16H25NO3S. The second kappa shape index (κ2) is 6.36. The molecule has 1 aromatic rings. The third kappa shape index (κ3) is 3.09. The van der Waals surface area contributed by atoms with Gasteiger partial charge in [0.15, 0.2) is 9.84 Å². The first-order chi connectivity index (χ1) is 9.91. The fraction of sp³-hybridized carbons (Fsp3) is 0.625. The SMILES string of the molecule is CCNC1c2cc(OC)ccc2CCC1S(=O)(=O)C(C)C. The Morgan fingerprint density at radius 1 is 1.38 bits per heavy atom. The second-order valence-electron chi connectivity index (χ2n) is 5.81. The van der Waals surface area contributed by atoms with E-state index in [-0.39, 0.29) is 16.5 Å². The largest absolute Gasteiger partial charge is 0.497 e. The number of methoxy groups -OCH3 is 1. The summed E-state index contributed by atoms with van der Waals surface area (Å²) in [5, 5.41) is 2.65. The van der Waals surface area contributed by atoms with Crippen LogP contribution in [0, 0.1) is 0 Å². The Morgan fingerprint density at radius 2 is 2.10 bits per heavy atom. The number of hydrogen-bond acceptors (Lipinski definition) is 4. The topological polar surface area (TPSA) is 55.4 Å². The summed E-state index contributed by atoms with van der Waals surface area (Å²) in [4.78, 5) is 0. The highest BCUT2D eigenvalue weighted by Crippen LogP contribution is 2.37. The van der Waals surface area contributed by atoms with E-state index < -0.39 is 9.84 Å². The number of benzene rings is 1. The Bertz CT molecular complexity index is 596. The predicted molar refractivity (Wildman–Crippen MR) is 85.6 cm³/mol. The van der Waals surface area contributed by atoms with Gasteiger partial charge >= 0.3 is 0 Å². The summed E-state index contributed by atoms with van der Waals surface area (Å²) in [5.41, 5.74) is 2.29. The van der Waals surface area contributed by atoms with Gasteiger partial charge in [-0.25, -0.2) is 8.42 Å². The minimum absolute atomic E-state index is 0.152. The maximum absolute atomic E-state index is 12.7. The molecule has 0 spiro atoms. The molecule has 21 heavy (non-hydrogen) atoms. The fourth-order valence-electron chi connectivity index (χ4n) is 3.05. The molecule has 0 aliphatic heterocycles. The molecule has 2 unspecified atom stereocenters. The van der Waals surface area contributed by atoms with Crippen LogP contribution in [-0.4, -0.2) is 32.6 Å². The van der Waals surface area contributed by atoms with Crippen LogP contribution in [0.5, 0.6) is 5.75 Å². The van der Waals surface area contributed by atoms with E-state index in [2.05, 4.69) is 11.4 Å². The van der Waals surface area contributed by atoms with E-state index in [1.807, 2.05) is 19.1 Å². The molecule has 0 aromatic heterocycles. The normalized spacial score (nSPS) is 22.1. The van der Waals surface area contributed by atoms with Gasteiger partial charge in [0.2, 0.25) is 0 Å². The third-order valence-corrected chi connectivity index (χ3v) is 6.93. The Balaban J connectivity index is 2.47. The van der Waals surface area contributed by atoms with Crippen LogP contribution in [0.4, 0.5) is 0 Å². The summed E-state index contributed by atoms with van der Waals surface area (Å²) < 4.78 is 30.6. The van der Waals surface area contributed by atoms with E-state index in [0.717, 1.165) is 24.3 Å². The highest BCUT2D eigenvalue weighted by Gasteiger charge is 2.39. The number of aryl methyl sites for hydroxylation is 1. The lowest BCUT2D eigenvalue weighted by molar-refractivity contribution is 0.408. The van der Waals surface area contributed by atoms with Gasteiger partial charge in [0.1, 0.15) is 5.75 Å². The van der Waals surface area contributed by atoms with Crippen molar-refractivity contribution in [3.05, 3.63) is 29.3 Å². The van der Waals surface area contributed by atoms with Crippen LogP contribution in [0.3, 0.4) is 0 Å². The van der Waals surface area contributed by atoms with Gasteiger partial charge in [-0.05, 0) is 56.5 Å². The van der Waals surface area contributed by atoms with Crippen molar-refractivity contribution >= 4 is 9.84 Å². The van der Waals surface area contributed by atoms with Crippen LogP contribution in [0.25, 0.3) is 0 Å². The lowest BCUT2D eigenvalue weighted by atomic mass is 9.87. The lowest BCUT2D eigenvalue weighted by Gasteiger charge is -2.35. The van der Waals surface area contributed by atoms with Gasteiger partial charge in [-0.15, -0.1) is 0 Å². The molecule has 0 fully saturated rings. The number of hydrogen-bond donors (Lipinski definition) is 1. The zero-order valence-electron chi connectivity index (χ0n) is 13.2. The molecule has 0 saturated carbocycles. The number of rotatable bonds is 5.